The molecule has 172 valence electrons. The number of sulfonamides is 1. The first kappa shape index (κ1) is 21.7. The summed E-state index contributed by atoms with van der Waals surface area (Å²) in [6, 6.07) is 19.2. The van der Waals surface area contributed by atoms with E-state index in [0.717, 1.165) is 22.4 Å². The first-order valence-electron chi connectivity index (χ1n) is 10.4. The summed E-state index contributed by atoms with van der Waals surface area (Å²) < 4.78 is 41.5. The smallest absolute Gasteiger partial charge is 0.266 e. The molecule has 0 aliphatic rings. The minimum atomic E-state index is -3.85. The van der Waals surface area contributed by atoms with Gasteiger partial charge in [-0.25, -0.2) is 13.4 Å². The van der Waals surface area contributed by atoms with Crippen molar-refractivity contribution in [2.45, 2.75) is 18.7 Å². The lowest BCUT2D eigenvalue weighted by molar-refractivity contribution is 0.402. The van der Waals surface area contributed by atoms with Gasteiger partial charge in [-0.3, -0.25) is 9.12 Å². The van der Waals surface area contributed by atoms with Gasteiger partial charge in [0.2, 0.25) is 5.65 Å². The van der Waals surface area contributed by atoms with Gasteiger partial charge in [-0.1, -0.05) is 18.2 Å². The molecule has 0 saturated heterocycles. The second-order valence-corrected chi connectivity index (χ2v) is 9.35. The number of benzene rings is 3. The molecule has 5 rings (SSSR count). The van der Waals surface area contributed by atoms with Gasteiger partial charge in [0.25, 0.3) is 15.9 Å². The van der Waals surface area contributed by atoms with Crippen LogP contribution >= 0.6 is 0 Å². The summed E-state index contributed by atoms with van der Waals surface area (Å²) in [5.74, 6) is 1.77. The molecule has 0 aliphatic heterocycles. The lowest BCUT2D eigenvalue weighted by Gasteiger charge is -2.13. The third kappa shape index (κ3) is 3.88. The van der Waals surface area contributed by atoms with Gasteiger partial charge >= 0.3 is 0 Å². The van der Waals surface area contributed by atoms with Crippen LogP contribution in [-0.2, 0) is 10.0 Å². The van der Waals surface area contributed by atoms with Crippen molar-refractivity contribution < 1.29 is 17.9 Å². The van der Waals surface area contributed by atoms with Crippen LogP contribution < -0.4 is 14.2 Å². The third-order valence-corrected chi connectivity index (χ3v) is 6.69. The van der Waals surface area contributed by atoms with Crippen LogP contribution in [0.5, 0.6) is 17.4 Å². The summed E-state index contributed by atoms with van der Waals surface area (Å²) in [5.41, 5.74) is 3.30. The molecule has 2 aromatic heterocycles. The van der Waals surface area contributed by atoms with Crippen LogP contribution in [0.3, 0.4) is 0 Å². The molecule has 0 spiro atoms. The molecular formula is C24H21N5O4S. The first-order chi connectivity index (χ1) is 16.4. The molecule has 0 atom stereocenters. The van der Waals surface area contributed by atoms with Crippen molar-refractivity contribution in [3.63, 3.8) is 0 Å². The van der Waals surface area contributed by atoms with Gasteiger partial charge in [-0.2, -0.15) is 0 Å². The lowest BCUT2D eigenvalue weighted by atomic mass is 10.2. The molecule has 10 heteroatoms. The van der Waals surface area contributed by atoms with Gasteiger partial charge < -0.3 is 9.47 Å². The zero-order chi connectivity index (χ0) is 23.9. The van der Waals surface area contributed by atoms with Crippen molar-refractivity contribution in [2.75, 3.05) is 11.8 Å². The van der Waals surface area contributed by atoms with E-state index in [1.54, 1.807) is 42.5 Å². The molecule has 0 unspecified atom stereocenters. The molecule has 5 aromatic rings. The fourth-order valence-corrected chi connectivity index (χ4v) is 4.99. The van der Waals surface area contributed by atoms with E-state index in [1.807, 2.05) is 42.5 Å². The third-order valence-electron chi connectivity index (χ3n) is 5.29. The zero-order valence-electron chi connectivity index (χ0n) is 18.7. The van der Waals surface area contributed by atoms with Crippen LogP contribution in [0.2, 0.25) is 0 Å². The van der Waals surface area contributed by atoms with E-state index in [4.69, 9.17) is 9.47 Å². The number of hydrogen-bond acceptors (Lipinski definition) is 7. The number of fused-ring (bicyclic) bond motifs is 3. The Bertz CT molecular complexity index is 1630. The van der Waals surface area contributed by atoms with E-state index in [0.29, 0.717) is 23.0 Å². The minimum Gasteiger partial charge on any atom is -0.495 e. The highest BCUT2D eigenvalue weighted by Gasteiger charge is 2.20. The summed E-state index contributed by atoms with van der Waals surface area (Å²) in [5, 5.41) is 8.37. The Morgan fingerprint density at radius 3 is 2.47 bits per heavy atom. The highest BCUT2D eigenvalue weighted by Crippen LogP contribution is 2.30. The van der Waals surface area contributed by atoms with Crippen molar-refractivity contribution in [3.05, 3.63) is 78.1 Å². The summed E-state index contributed by atoms with van der Waals surface area (Å²) in [6.45, 7) is 3.68. The highest BCUT2D eigenvalue weighted by atomic mass is 32.2. The maximum Gasteiger partial charge on any atom is 0.266 e. The Hall–Kier alpha value is -4.18. The second-order valence-electron chi connectivity index (χ2n) is 7.70. The van der Waals surface area contributed by atoms with E-state index in [2.05, 4.69) is 19.9 Å². The Balaban J connectivity index is 1.43. The first-order valence-corrected chi connectivity index (χ1v) is 11.9. The summed E-state index contributed by atoms with van der Waals surface area (Å²) >= 11 is 0. The van der Waals surface area contributed by atoms with E-state index < -0.39 is 10.0 Å². The highest BCUT2D eigenvalue weighted by molar-refractivity contribution is 7.92. The summed E-state index contributed by atoms with van der Waals surface area (Å²) in [7, 11) is -2.42. The quantitative estimate of drug-likeness (QED) is 0.385. The Morgan fingerprint density at radius 1 is 0.941 bits per heavy atom. The molecule has 1 N–H and O–H groups in total. The van der Waals surface area contributed by atoms with Gasteiger partial charge in [0.05, 0.1) is 18.1 Å². The number of nitrogens with one attached hydrogen (secondary N) is 1. The summed E-state index contributed by atoms with van der Waals surface area (Å²) in [4.78, 5) is 4.66. The number of methoxy groups -OCH3 is 1. The van der Waals surface area contributed by atoms with Crippen molar-refractivity contribution in [1.29, 1.82) is 0 Å². The Labute approximate surface area is 196 Å². The zero-order valence-corrected chi connectivity index (χ0v) is 19.5. The van der Waals surface area contributed by atoms with E-state index in [9.17, 15) is 8.42 Å². The molecule has 0 bridgehead atoms. The molecule has 0 amide bonds. The van der Waals surface area contributed by atoms with Crippen LogP contribution in [0.15, 0.2) is 71.6 Å². The van der Waals surface area contributed by atoms with Crippen LogP contribution in [0.25, 0.3) is 16.7 Å². The number of nitrogens with zero attached hydrogens (tertiary/aromatic N) is 4. The van der Waals surface area contributed by atoms with Crippen LogP contribution in [0.1, 0.15) is 11.4 Å². The summed E-state index contributed by atoms with van der Waals surface area (Å²) in [6.07, 6.45) is 0. The van der Waals surface area contributed by atoms with E-state index in [1.165, 1.54) is 7.11 Å². The van der Waals surface area contributed by atoms with Crippen molar-refractivity contribution >= 4 is 32.4 Å². The predicted molar refractivity (Wildman–Crippen MR) is 128 cm³/mol. The Morgan fingerprint density at radius 2 is 1.71 bits per heavy atom. The maximum absolute atomic E-state index is 12.9. The number of ether oxygens (including phenoxy) is 2. The number of anilines is 1. The maximum atomic E-state index is 12.9. The normalized spacial score (nSPS) is 11.6. The molecule has 0 fully saturated rings. The molecule has 3 aromatic carbocycles. The van der Waals surface area contributed by atoms with Gasteiger partial charge in [0.15, 0.2) is 0 Å². The van der Waals surface area contributed by atoms with Crippen LogP contribution in [0, 0.1) is 13.8 Å². The fraction of sp³-hybridized carbons (Fsp3) is 0.125. The molecule has 0 aliphatic carbocycles. The SMILES string of the molecule is COc1ccc(C)cc1S(=O)(=O)Nc1ccc(Oc2nc3ccccc3n3c(C)nnc23)cc1. The largest absolute Gasteiger partial charge is 0.495 e. The Kier molecular flexibility index (Phi) is 5.29. The average Bonchev–Trinajstić information content (AvgIpc) is 3.22. The van der Waals surface area contributed by atoms with Crippen LogP contribution in [0.4, 0.5) is 5.69 Å². The van der Waals surface area contributed by atoms with Crippen molar-refractivity contribution in [2.24, 2.45) is 0 Å². The molecule has 9 nitrogen and oxygen atoms in total. The van der Waals surface area contributed by atoms with Gasteiger partial charge in [-0.15, -0.1) is 10.2 Å². The molecule has 0 saturated carbocycles. The number of rotatable bonds is 6. The molecule has 34 heavy (non-hydrogen) atoms. The van der Waals surface area contributed by atoms with Gasteiger partial charge in [0, 0.05) is 5.69 Å². The second kappa shape index (κ2) is 8.31. The van der Waals surface area contributed by atoms with Gasteiger partial charge in [0.1, 0.15) is 22.2 Å². The molecular weight excluding hydrogens is 454 g/mol. The average molecular weight is 476 g/mol. The fourth-order valence-electron chi connectivity index (χ4n) is 3.67. The topological polar surface area (TPSA) is 108 Å². The van der Waals surface area contributed by atoms with Crippen LogP contribution in [-0.4, -0.2) is 35.1 Å². The van der Waals surface area contributed by atoms with E-state index in [-0.39, 0.29) is 10.6 Å². The number of aromatic nitrogens is 4. The monoisotopic (exact) mass is 475 g/mol. The molecule has 2 heterocycles. The standard InChI is InChI=1S/C24H21N5O4S/c1-15-8-13-21(32-3)22(14-15)34(30,31)28-17-9-11-18(12-10-17)33-24-23-27-26-16(2)29(23)20-7-5-4-6-19(20)25-24/h4-14,28H,1-3H3. The van der Waals surface area contributed by atoms with Crippen molar-refractivity contribution in [3.8, 4) is 17.4 Å². The predicted octanol–water partition coefficient (Wildman–Crippen LogP) is 4.50. The van der Waals surface area contributed by atoms with E-state index >= 15 is 0 Å². The van der Waals surface area contributed by atoms with Crippen molar-refractivity contribution in [1.82, 2.24) is 19.6 Å². The number of para-hydroxylation sites is 2. The number of hydrogen-bond donors (Lipinski definition) is 1. The number of aryl methyl sites for hydroxylation is 2. The lowest BCUT2D eigenvalue weighted by Crippen LogP contribution is -2.14. The minimum absolute atomic E-state index is 0.0697. The van der Waals surface area contributed by atoms with Gasteiger partial charge in [-0.05, 0) is 67.9 Å². The molecule has 0 radical (unpaired) electrons.